The van der Waals surface area contributed by atoms with Gasteiger partial charge < -0.3 is 15.2 Å². The lowest BCUT2D eigenvalue weighted by atomic mass is 10.0. The number of nitrogens with zero attached hydrogens (tertiary/aromatic N) is 1. The summed E-state index contributed by atoms with van der Waals surface area (Å²) >= 11 is 0. The van der Waals surface area contributed by atoms with Crippen molar-refractivity contribution in [3.63, 3.8) is 0 Å². The number of aliphatic carboxylic acids is 1. The first-order valence-electron chi connectivity index (χ1n) is 7.61. The molecule has 1 aliphatic carbocycles. The second kappa shape index (κ2) is 6.43. The van der Waals surface area contributed by atoms with Gasteiger partial charge in [-0.3, -0.25) is 9.78 Å². The van der Waals surface area contributed by atoms with E-state index in [1.54, 1.807) is 24.3 Å². The number of carbonyl (C=O) groups excluding carboxylic acids is 1. The highest BCUT2D eigenvalue weighted by atomic mass is 19.1. The zero-order valence-corrected chi connectivity index (χ0v) is 13.1. The minimum absolute atomic E-state index is 0.278. The molecular formula is C17H17FN2O4. The third-order valence-electron chi connectivity index (χ3n) is 4.03. The summed E-state index contributed by atoms with van der Waals surface area (Å²) in [5, 5.41) is 11.7. The highest BCUT2D eigenvalue weighted by Crippen LogP contribution is 2.40. The fourth-order valence-corrected chi connectivity index (χ4v) is 2.53. The molecule has 0 aliphatic heterocycles. The predicted octanol–water partition coefficient (Wildman–Crippen LogP) is 2.27. The van der Waals surface area contributed by atoms with Gasteiger partial charge >= 0.3 is 5.97 Å². The summed E-state index contributed by atoms with van der Waals surface area (Å²) < 4.78 is 18.0. The number of carbonyl (C=O) groups is 2. The Morgan fingerprint density at radius 3 is 2.75 bits per heavy atom. The first-order chi connectivity index (χ1) is 11.5. The van der Waals surface area contributed by atoms with Gasteiger partial charge in [0.25, 0.3) is 5.91 Å². The Kier molecular flexibility index (Phi) is 4.33. The highest BCUT2D eigenvalue weighted by molar-refractivity contribution is 6.07. The second-order valence-electron chi connectivity index (χ2n) is 5.77. The molecular weight excluding hydrogens is 315 g/mol. The fourth-order valence-electron chi connectivity index (χ4n) is 2.53. The standard InChI is InChI=1S/C17H17FN2O4/c1-24-10-4-5-13-11(6-10)12(7-14(19-13)9-2-3-9)16(21)20-15(8-18)17(22)23/h4-7,9,15H,2-3,8H2,1H3,(H,20,21)(H,22,23). The quantitative estimate of drug-likeness (QED) is 0.847. The summed E-state index contributed by atoms with van der Waals surface area (Å²) in [7, 11) is 1.51. The average molecular weight is 332 g/mol. The number of halogens is 1. The maximum absolute atomic E-state index is 12.8. The number of pyridine rings is 1. The monoisotopic (exact) mass is 332 g/mol. The molecule has 1 unspecified atom stereocenters. The molecule has 1 fully saturated rings. The molecule has 1 amide bonds. The van der Waals surface area contributed by atoms with E-state index in [0.717, 1.165) is 18.5 Å². The summed E-state index contributed by atoms with van der Waals surface area (Å²) in [5.74, 6) is -1.18. The molecule has 2 aromatic rings. The van der Waals surface area contributed by atoms with Crippen molar-refractivity contribution < 1.29 is 23.8 Å². The Bertz CT molecular complexity index is 805. The molecule has 24 heavy (non-hydrogen) atoms. The third kappa shape index (κ3) is 3.15. The number of rotatable bonds is 6. The Morgan fingerprint density at radius 2 is 2.17 bits per heavy atom. The van der Waals surface area contributed by atoms with E-state index in [4.69, 9.17) is 9.84 Å². The Balaban J connectivity index is 2.05. The number of carboxylic acids is 1. The van der Waals surface area contributed by atoms with Crippen molar-refractivity contribution in [2.45, 2.75) is 24.8 Å². The van der Waals surface area contributed by atoms with E-state index in [-0.39, 0.29) is 5.56 Å². The van der Waals surface area contributed by atoms with Crippen molar-refractivity contribution in [1.82, 2.24) is 10.3 Å². The average Bonchev–Trinajstić information content (AvgIpc) is 3.42. The lowest BCUT2D eigenvalue weighted by Crippen LogP contribution is -2.42. The van der Waals surface area contributed by atoms with Crippen LogP contribution in [0.1, 0.15) is 34.8 Å². The van der Waals surface area contributed by atoms with Crippen molar-refractivity contribution in [3.8, 4) is 5.75 Å². The SMILES string of the molecule is COc1ccc2nc(C3CC3)cc(C(=O)NC(CF)C(=O)O)c2c1. The summed E-state index contributed by atoms with van der Waals surface area (Å²) in [6, 6.07) is 5.25. The van der Waals surface area contributed by atoms with E-state index in [9.17, 15) is 14.0 Å². The second-order valence-corrected chi connectivity index (χ2v) is 5.77. The number of carboxylic acid groups (broad SMARTS) is 1. The summed E-state index contributed by atoms with van der Waals surface area (Å²) in [6.45, 7) is -1.18. The first-order valence-corrected chi connectivity index (χ1v) is 7.61. The van der Waals surface area contributed by atoms with E-state index in [1.807, 2.05) is 0 Å². The number of alkyl halides is 1. The Morgan fingerprint density at radius 1 is 1.42 bits per heavy atom. The number of fused-ring (bicyclic) bond motifs is 1. The maximum atomic E-state index is 12.8. The van der Waals surface area contributed by atoms with Gasteiger partial charge in [0.2, 0.25) is 0 Å². The van der Waals surface area contributed by atoms with Gasteiger partial charge in [-0.15, -0.1) is 0 Å². The van der Waals surface area contributed by atoms with Gasteiger partial charge in [-0.05, 0) is 37.1 Å². The zero-order chi connectivity index (χ0) is 17.3. The molecule has 1 saturated carbocycles. The van der Waals surface area contributed by atoms with Crippen molar-refractivity contribution in [2.75, 3.05) is 13.8 Å². The zero-order valence-electron chi connectivity index (χ0n) is 13.1. The van der Waals surface area contributed by atoms with Gasteiger partial charge in [0.15, 0.2) is 6.04 Å². The topological polar surface area (TPSA) is 88.5 Å². The van der Waals surface area contributed by atoms with Crippen LogP contribution in [0.15, 0.2) is 24.3 Å². The van der Waals surface area contributed by atoms with E-state index >= 15 is 0 Å². The number of methoxy groups -OCH3 is 1. The first kappa shape index (κ1) is 16.2. The van der Waals surface area contributed by atoms with Gasteiger partial charge in [-0.25, -0.2) is 9.18 Å². The highest BCUT2D eigenvalue weighted by Gasteiger charge is 2.28. The van der Waals surface area contributed by atoms with Crippen LogP contribution in [0.2, 0.25) is 0 Å². The van der Waals surface area contributed by atoms with Crippen LogP contribution in [0.5, 0.6) is 5.75 Å². The van der Waals surface area contributed by atoms with E-state index in [0.29, 0.717) is 22.6 Å². The summed E-state index contributed by atoms with van der Waals surface area (Å²) in [5.41, 5.74) is 1.70. The number of amides is 1. The van der Waals surface area contributed by atoms with Crippen LogP contribution >= 0.6 is 0 Å². The van der Waals surface area contributed by atoms with Crippen molar-refractivity contribution in [3.05, 3.63) is 35.5 Å². The molecule has 7 heteroatoms. The van der Waals surface area contributed by atoms with Gasteiger partial charge in [0.05, 0.1) is 18.2 Å². The molecule has 1 atom stereocenters. The Labute approximate surface area is 137 Å². The number of aromatic nitrogens is 1. The number of hydrogen-bond donors (Lipinski definition) is 2. The largest absolute Gasteiger partial charge is 0.497 e. The van der Waals surface area contributed by atoms with Gasteiger partial charge in [-0.1, -0.05) is 0 Å². The van der Waals surface area contributed by atoms with Crippen LogP contribution in [0, 0.1) is 0 Å². The maximum Gasteiger partial charge on any atom is 0.328 e. The Hall–Kier alpha value is -2.70. The van der Waals surface area contributed by atoms with Crippen LogP contribution in [0.4, 0.5) is 4.39 Å². The number of hydrogen-bond acceptors (Lipinski definition) is 4. The normalized spacial score (nSPS) is 15.1. The summed E-state index contributed by atoms with van der Waals surface area (Å²) in [4.78, 5) is 28.0. The van der Waals surface area contributed by atoms with Crippen molar-refractivity contribution in [1.29, 1.82) is 0 Å². The lowest BCUT2D eigenvalue weighted by Gasteiger charge is -2.14. The van der Waals surface area contributed by atoms with Crippen molar-refractivity contribution >= 4 is 22.8 Å². The van der Waals surface area contributed by atoms with Crippen LogP contribution in [0.25, 0.3) is 10.9 Å². The molecule has 1 aliphatic rings. The molecule has 3 rings (SSSR count). The van der Waals surface area contributed by atoms with Crippen LogP contribution in [-0.4, -0.2) is 41.8 Å². The van der Waals surface area contributed by atoms with Crippen molar-refractivity contribution in [2.24, 2.45) is 0 Å². The lowest BCUT2D eigenvalue weighted by molar-refractivity contribution is -0.139. The van der Waals surface area contributed by atoms with E-state index < -0.39 is 24.6 Å². The smallest absolute Gasteiger partial charge is 0.328 e. The number of nitrogens with one attached hydrogen (secondary N) is 1. The molecule has 1 aromatic carbocycles. The molecule has 0 radical (unpaired) electrons. The summed E-state index contributed by atoms with van der Waals surface area (Å²) in [6.07, 6.45) is 2.02. The molecule has 0 spiro atoms. The molecule has 1 aromatic heterocycles. The minimum atomic E-state index is -1.57. The van der Waals surface area contributed by atoms with Crippen LogP contribution in [-0.2, 0) is 4.79 Å². The van der Waals surface area contributed by atoms with E-state index in [1.165, 1.54) is 7.11 Å². The van der Waals surface area contributed by atoms with E-state index in [2.05, 4.69) is 10.3 Å². The molecule has 1 heterocycles. The van der Waals surface area contributed by atoms with Crippen LogP contribution < -0.4 is 10.1 Å². The van der Waals surface area contributed by atoms with Gasteiger partial charge in [0.1, 0.15) is 12.4 Å². The minimum Gasteiger partial charge on any atom is -0.497 e. The van der Waals surface area contributed by atoms with Gasteiger partial charge in [-0.2, -0.15) is 0 Å². The molecule has 126 valence electrons. The predicted molar refractivity (Wildman–Crippen MR) is 85.1 cm³/mol. The van der Waals surface area contributed by atoms with Crippen LogP contribution in [0.3, 0.4) is 0 Å². The molecule has 6 nitrogen and oxygen atoms in total. The van der Waals surface area contributed by atoms with Gasteiger partial charge in [0, 0.05) is 17.0 Å². The fraction of sp³-hybridized carbons (Fsp3) is 0.353. The molecule has 0 bridgehead atoms. The third-order valence-corrected chi connectivity index (χ3v) is 4.03. The number of benzene rings is 1. The molecule has 2 N–H and O–H groups in total. The molecule has 0 saturated heterocycles. The number of ether oxygens (including phenoxy) is 1.